The highest BCUT2D eigenvalue weighted by atomic mass is 16.5. The number of carboxylic acid groups (broad SMARTS) is 2. The van der Waals surface area contributed by atoms with Crippen LogP contribution < -0.4 is 9.47 Å². The minimum Gasteiger partial charge on any atom is -0.497 e. The molecule has 2 N–H and O–H groups in total. The highest BCUT2D eigenvalue weighted by molar-refractivity contribution is 5.79. The molecular weight excluding hydrogens is 520 g/mol. The molecule has 1 heterocycles. The predicted octanol–water partition coefficient (Wildman–Crippen LogP) is 6.29. The van der Waals surface area contributed by atoms with Crippen LogP contribution in [0.5, 0.6) is 11.5 Å². The summed E-state index contributed by atoms with van der Waals surface area (Å²) in [4.78, 5) is 22.9. The van der Waals surface area contributed by atoms with Crippen molar-refractivity contribution in [2.75, 3.05) is 13.7 Å². The maximum atomic E-state index is 11.7. The normalized spacial score (nSPS) is 10.9. The molecule has 8 nitrogen and oxygen atoms in total. The number of carboxylic acids is 2. The molecule has 0 aliphatic carbocycles. The Morgan fingerprint density at radius 1 is 0.854 bits per heavy atom. The zero-order chi connectivity index (χ0) is 29.2. The van der Waals surface area contributed by atoms with Crippen LogP contribution in [-0.4, -0.2) is 45.6 Å². The largest absolute Gasteiger partial charge is 0.497 e. The van der Waals surface area contributed by atoms with Crippen molar-refractivity contribution >= 4 is 11.9 Å². The first-order valence-corrected chi connectivity index (χ1v) is 13.9. The predicted molar refractivity (Wildman–Crippen MR) is 157 cm³/mol. The van der Waals surface area contributed by atoms with Gasteiger partial charge in [0.1, 0.15) is 11.5 Å². The Labute approximate surface area is 240 Å². The van der Waals surface area contributed by atoms with E-state index in [-0.39, 0.29) is 19.3 Å². The second-order valence-corrected chi connectivity index (χ2v) is 9.83. The van der Waals surface area contributed by atoms with Crippen molar-refractivity contribution in [1.82, 2.24) is 9.78 Å². The second kappa shape index (κ2) is 14.2. The molecule has 0 radical (unpaired) electrons. The van der Waals surface area contributed by atoms with Crippen molar-refractivity contribution in [2.24, 2.45) is 0 Å². The summed E-state index contributed by atoms with van der Waals surface area (Å²) >= 11 is 0. The minimum atomic E-state index is -0.893. The van der Waals surface area contributed by atoms with Gasteiger partial charge in [-0.1, -0.05) is 55.5 Å². The van der Waals surface area contributed by atoms with E-state index in [9.17, 15) is 14.7 Å². The van der Waals surface area contributed by atoms with Gasteiger partial charge in [-0.2, -0.15) is 5.10 Å². The molecule has 4 rings (SSSR count). The van der Waals surface area contributed by atoms with Gasteiger partial charge in [0.05, 0.1) is 25.1 Å². The van der Waals surface area contributed by atoms with Gasteiger partial charge in [0.25, 0.3) is 0 Å². The first kappa shape index (κ1) is 29.4. The number of benzene rings is 3. The van der Waals surface area contributed by atoms with E-state index in [4.69, 9.17) is 19.7 Å². The van der Waals surface area contributed by atoms with Gasteiger partial charge in [0.2, 0.25) is 0 Å². The Kier molecular flexibility index (Phi) is 10.2. The Morgan fingerprint density at radius 2 is 1.61 bits per heavy atom. The van der Waals surface area contributed by atoms with Crippen molar-refractivity contribution in [1.29, 1.82) is 0 Å². The van der Waals surface area contributed by atoms with Crippen LogP contribution in [0.4, 0.5) is 0 Å². The van der Waals surface area contributed by atoms with Gasteiger partial charge in [-0.3, -0.25) is 14.3 Å². The fourth-order valence-corrected chi connectivity index (χ4v) is 4.82. The Balaban J connectivity index is 1.89. The summed E-state index contributed by atoms with van der Waals surface area (Å²) in [5.74, 6) is -0.452. The van der Waals surface area contributed by atoms with Crippen molar-refractivity contribution in [2.45, 2.75) is 52.0 Å². The molecule has 0 bridgehead atoms. The summed E-state index contributed by atoms with van der Waals surface area (Å²) < 4.78 is 13.6. The number of ether oxygens (including phenoxy) is 2. The standard InChI is InChI=1S/C33H36N2O6/c1-3-20-41-29-21-24(13-16-30(36)37)12-14-27(29)32-28(15-17-31(38)39)33(25-10-7-11-26(22-25)40-2)35(34-32)19-18-23-8-5-4-6-9-23/h4-12,14,21-22H,3,13,15-20H2,1-2H3,(H,36,37)(H,38,39). The molecule has 0 saturated heterocycles. The van der Waals surface area contributed by atoms with E-state index in [1.165, 1.54) is 5.56 Å². The highest BCUT2D eigenvalue weighted by Gasteiger charge is 2.24. The smallest absolute Gasteiger partial charge is 0.303 e. The summed E-state index contributed by atoms with van der Waals surface area (Å²) in [5.41, 5.74) is 5.97. The number of aliphatic carboxylic acids is 2. The van der Waals surface area contributed by atoms with Crippen LogP contribution in [0, 0.1) is 0 Å². The monoisotopic (exact) mass is 556 g/mol. The number of aromatic nitrogens is 2. The molecule has 0 amide bonds. The molecule has 0 aliphatic rings. The lowest BCUT2D eigenvalue weighted by molar-refractivity contribution is -0.138. The van der Waals surface area contributed by atoms with Gasteiger partial charge in [-0.05, 0) is 61.1 Å². The van der Waals surface area contributed by atoms with Crippen LogP contribution in [0.15, 0.2) is 72.8 Å². The molecule has 0 atom stereocenters. The molecule has 4 aromatic rings. The fourth-order valence-electron chi connectivity index (χ4n) is 4.82. The quantitative estimate of drug-likeness (QED) is 0.177. The highest BCUT2D eigenvalue weighted by Crippen LogP contribution is 2.39. The third-order valence-electron chi connectivity index (χ3n) is 6.83. The van der Waals surface area contributed by atoms with Crippen LogP contribution in [0.25, 0.3) is 22.5 Å². The summed E-state index contributed by atoms with van der Waals surface area (Å²) in [6.07, 6.45) is 2.15. The van der Waals surface area contributed by atoms with E-state index in [1.807, 2.05) is 72.3 Å². The van der Waals surface area contributed by atoms with Gasteiger partial charge in [0.15, 0.2) is 0 Å². The van der Waals surface area contributed by atoms with E-state index in [1.54, 1.807) is 7.11 Å². The Hall–Kier alpha value is -4.59. The van der Waals surface area contributed by atoms with Crippen LogP contribution in [0.2, 0.25) is 0 Å². The maximum absolute atomic E-state index is 11.7. The molecule has 1 aromatic heterocycles. The SMILES string of the molecule is CCCOc1cc(CCC(=O)O)ccc1-c1nn(CCc2ccccc2)c(-c2cccc(OC)c2)c1CCC(=O)O. The molecule has 214 valence electrons. The third kappa shape index (κ3) is 7.75. The number of carbonyl (C=O) groups is 2. The van der Waals surface area contributed by atoms with Gasteiger partial charge in [-0.25, -0.2) is 0 Å². The lowest BCUT2D eigenvalue weighted by atomic mass is 9.96. The Morgan fingerprint density at radius 3 is 2.32 bits per heavy atom. The first-order valence-electron chi connectivity index (χ1n) is 13.9. The van der Waals surface area contributed by atoms with Gasteiger partial charge in [0, 0.05) is 36.1 Å². The molecular formula is C33H36N2O6. The average molecular weight is 557 g/mol. The van der Waals surface area contributed by atoms with E-state index in [0.29, 0.717) is 36.8 Å². The van der Waals surface area contributed by atoms with Gasteiger partial charge < -0.3 is 19.7 Å². The summed E-state index contributed by atoms with van der Waals surface area (Å²) in [7, 11) is 1.62. The molecule has 41 heavy (non-hydrogen) atoms. The molecule has 0 unspecified atom stereocenters. The number of hydrogen-bond donors (Lipinski definition) is 2. The van der Waals surface area contributed by atoms with E-state index in [0.717, 1.165) is 40.8 Å². The molecule has 0 saturated carbocycles. The molecule has 3 aromatic carbocycles. The van der Waals surface area contributed by atoms with E-state index < -0.39 is 11.9 Å². The van der Waals surface area contributed by atoms with E-state index >= 15 is 0 Å². The maximum Gasteiger partial charge on any atom is 0.303 e. The zero-order valence-electron chi connectivity index (χ0n) is 23.5. The molecule has 0 aliphatic heterocycles. The van der Waals surface area contributed by atoms with Crippen molar-refractivity contribution in [3.05, 3.63) is 89.5 Å². The van der Waals surface area contributed by atoms with Crippen LogP contribution in [0.3, 0.4) is 0 Å². The average Bonchev–Trinajstić information content (AvgIpc) is 3.35. The number of aryl methyl sites for hydroxylation is 3. The van der Waals surface area contributed by atoms with Crippen molar-refractivity contribution < 1.29 is 29.3 Å². The summed E-state index contributed by atoms with van der Waals surface area (Å²) in [5, 5.41) is 23.9. The second-order valence-electron chi connectivity index (χ2n) is 9.83. The first-order chi connectivity index (χ1) is 19.9. The van der Waals surface area contributed by atoms with E-state index in [2.05, 4.69) is 12.1 Å². The topological polar surface area (TPSA) is 111 Å². The van der Waals surface area contributed by atoms with Crippen LogP contribution in [-0.2, 0) is 35.4 Å². The molecule has 0 fully saturated rings. The van der Waals surface area contributed by atoms with Crippen LogP contribution in [0.1, 0.15) is 42.9 Å². The fraction of sp³-hybridized carbons (Fsp3) is 0.303. The molecule has 0 spiro atoms. The van der Waals surface area contributed by atoms with Gasteiger partial charge >= 0.3 is 11.9 Å². The van der Waals surface area contributed by atoms with Crippen LogP contribution >= 0.6 is 0 Å². The lowest BCUT2D eigenvalue weighted by Crippen LogP contribution is -2.06. The minimum absolute atomic E-state index is 0.0184. The molecule has 8 heteroatoms. The third-order valence-corrected chi connectivity index (χ3v) is 6.83. The Bertz CT molecular complexity index is 1480. The number of hydrogen-bond acceptors (Lipinski definition) is 5. The number of rotatable bonds is 15. The zero-order valence-corrected chi connectivity index (χ0v) is 23.5. The lowest BCUT2D eigenvalue weighted by Gasteiger charge is -2.13. The summed E-state index contributed by atoms with van der Waals surface area (Å²) in [6.45, 7) is 3.08. The number of nitrogens with zero attached hydrogens (tertiary/aromatic N) is 2. The summed E-state index contributed by atoms with van der Waals surface area (Å²) in [6, 6.07) is 23.5. The number of methoxy groups -OCH3 is 1. The van der Waals surface area contributed by atoms with Crippen molar-refractivity contribution in [3.63, 3.8) is 0 Å². The van der Waals surface area contributed by atoms with Crippen molar-refractivity contribution in [3.8, 4) is 34.0 Å². The van der Waals surface area contributed by atoms with Gasteiger partial charge in [-0.15, -0.1) is 0 Å².